The quantitative estimate of drug-likeness (QED) is 0.545. The van der Waals surface area contributed by atoms with Crippen molar-refractivity contribution in [3.8, 4) is 0 Å². The van der Waals surface area contributed by atoms with Gasteiger partial charge in [0, 0.05) is 14.2 Å². The fraction of sp³-hybridized carbons (Fsp3) is 0.667. The molecule has 1 aliphatic heterocycles. The van der Waals surface area contributed by atoms with E-state index in [1.165, 1.54) is 0 Å². The Kier molecular flexibility index (Phi) is 2.08. The minimum absolute atomic E-state index is 0.0463. The highest BCUT2D eigenvalue weighted by Gasteiger charge is 2.22. The lowest BCUT2D eigenvalue weighted by molar-refractivity contribution is -0.127. The molecule has 52 valence electrons. The van der Waals surface area contributed by atoms with Crippen LogP contribution in [0.25, 0.3) is 0 Å². The van der Waals surface area contributed by atoms with E-state index in [9.17, 15) is 0 Å². The molecule has 1 rings (SSSR count). The van der Waals surface area contributed by atoms with E-state index in [2.05, 4.69) is 0 Å². The number of ether oxygens (including phenoxy) is 3. The van der Waals surface area contributed by atoms with E-state index >= 15 is 0 Å². The van der Waals surface area contributed by atoms with Gasteiger partial charge in [-0.15, -0.1) is 0 Å². The zero-order chi connectivity index (χ0) is 6.69. The van der Waals surface area contributed by atoms with Crippen LogP contribution < -0.4 is 0 Å². The Hall–Kier alpha value is -0.540. The molecule has 1 heterocycles. The second-order valence-electron chi connectivity index (χ2n) is 1.77. The van der Waals surface area contributed by atoms with Crippen molar-refractivity contribution in [1.29, 1.82) is 0 Å². The maximum absolute atomic E-state index is 4.98. The predicted molar refractivity (Wildman–Crippen MR) is 31.8 cm³/mol. The first-order valence-electron chi connectivity index (χ1n) is 2.76. The van der Waals surface area contributed by atoms with Gasteiger partial charge in [-0.1, -0.05) is 0 Å². The lowest BCUT2D eigenvalue weighted by Crippen LogP contribution is -2.24. The van der Waals surface area contributed by atoms with Crippen molar-refractivity contribution >= 4 is 0 Å². The van der Waals surface area contributed by atoms with Crippen LogP contribution in [0.1, 0.15) is 0 Å². The van der Waals surface area contributed by atoms with Gasteiger partial charge in [-0.05, 0) is 6.08 Å². The molecule has 0 aliphatic carbocycles. The molecule has 3 heteroatoms. The second kappa shape index (κ2) is 2.85. The van der Waals surface area contributed by atoms with Crippen LogP contribution in [-0.4, -0.2) is 26.6 Å². The summed E-state index contributed by atoms with van der Waals surface area (Å²) in [5.41, 5.74) is 0. The molecule has 0 fully saturated rings. The van der Waals surface area contributed by atoms with Crippen LogP contribution in [0.2, 0.25) is 0 Å². The number of hydrogen-bond acceptors (Lipinski definition) is 3. The molecule has 0 aromatic carbocycles. The summed E-state index contributed by atoms with van der Waals surface area (Å²) in [5.74, 6) is 0. The van der Waals surface area contributed by atoms with Crippen LogP contribution in [-0.2, 0) is 14.2 Å². The van der Waals surface area contributed by atoms with Crippen LogP contribution in [0.4, 0.5) is 0 Å². The minimum atomic E-state index is -0.255. The fourth-order valence-electron chi connectivity index (χ4n) is 0.748. The van der Waals surface area contributed by atoms with Crippen molar-refractivity contribution in [3.05, 3.63) is 12.3 Å². The van der Waals surface area contributed by atoms with Crippen molar-refractivity contribution in [2.45, 2.75) is 12.4 Å². The number of hydrogen-bond donors (Lipinski definition) is 0. The first kappa shape index (κ1) is 6.58. The van der Waals surface area contributed by atoms with Gasteiger partial charge in [0.25, 0.3) is 0 Å². The van der Waals surface area contributed by atoms with E-state index in [1.54, 1.807) is 20.5 Å². The standard InChI is InChI=1S/C6H10O3/c1-7-5-3-4-9-6(5)8-2/h3-6H,1-2H3. The maximum Gasteiger partial charge on any atom is 0.228 e. The normalized spacial score (nSPS) is 32.7. The molecule has 3 nitrogen and oxygen atoms in total. The third kappa shape index (κ3) is 1.23. The zero-order valence-corrected chi connectivity index (χ0v) is 5.53. The van der Waals surface area contributed by atoms with Gasteiger partial charge >= 0.3 is 0 Å². The van der Waals surface area contributed by atoms with Crippen LogP contribution >= 0.6 is 0 Å². The average molecular weight is 130 g/mol. The second-order valence-corrected chi connectivity index (χ2v) is 1.77. The molecular weight excluding hydrogens is 120 g/mol. The molecule has 1 aliphatic rings. The summed E-state index contributed by atoms with van der Waals surface area (Å²) in [4.78, 5) is 0. The SMILES string of the molecule is COC1C=COC1OC. The van der Waals surface area contributed by atoms with Crippen molar-refractivity contribution in [2.75, 3.05) is 14.2 Å². The van der Waals surface area contributed by atoms with Gasteiger partial charge in [-0.2, -0.15) is 0 Å². The van der Waals surface area contributed by atoms with E-state index < -0.39 is 0 Å². The van der Waals surface area contributed by atoms with Crippen LogP contribution in [0.5, 0.6) is 0 Å². The molecule has 0 aromatic heterocycles. The van der Waals surface area contributed by atoms with E-state index in [1.807, 2.05) is 6.08 Å². The van der Waals surface area contributed by atoms with Crippen molar-refractivity contribution in [3.63, 3.8) is 0 Å². The Labute approximate surface area is 54.2 Å². The Morgan fingerprint density at radius 2 is 2.11 bits per heavy atom. The van der Waals surface area contributed by atoms with Gasteiger partial charge in [0.1, 0.15) is 6.10 Å². The van der Waals surface area contributed by atoms with E-state index in [-0.39, 0.29) is 12.4 Å². The van der Waals surface area contributed by atoms with Gasteiger partial charge in [0.05, 0.1) is 6.26 Å². The summed E-state index contributed by atoms with van der Waals surface area (Å²) in [6.07, 6.45) is 3.10. The molecular formula is C6H10O3. The molecule has 2 unspecified atom stereocenters. The molecule has 0 radical (unpaired) electrons. The van der Waals surface area contributed by atoms with Gasteiger partial charge in [0.2, 0.25) is 6.29 Å². The van der Waals surface area contributed by atoms with Gasteiger partial charge in [-0.25, -0.2) is 0 Å². The van der Waals surface area contributed by atoms with Crippen molar-refractivity contribution in [2.24, 2.45) is 0 Å². The molecule has 0 saturated heterocycles. The van der Waals surface area contributed by atoms with Gasteiger partial charge < -0.3 is 14.2 Å². The predicted octanol–water partition coefficient (Wildman–Crippen LogP) is 0.518. The molecule has 9 heavy (non-hydrogen) atoms. The topological polar surface area (TPSA) is 27.7 Å². The van der Waals surface area contributed by atoms with Gasteiger partial charge in [-0.3, -0.25) is 0 Å². The molecule has 0 amide bonds. The highest BCUT2D eigenvalue weighted by Crippen LogP contribution is 2.12. The van der Waals surface area contributed by atoms with Crippen LogP contribution in [0.3, 0.4) is 0 Å². The van der Waals surface area contributed by atoms with Crippen LogP contribution in [0, 0.1) is 0 Å². The Bertz CT molecular complexity index is 111. The summed E-state index contributed by atoms with van der Waals surface area (Å²) in [7, 11) is 3.21. The smallest absolute Gasteiger partial charge is 0.228 e. The van der Waals surface area contributed by atoms with Gasteiger partial charge in [0.15, 0.2) is 0 Å². The number of methoxy groups -OCH3 is 2. The lowest BCUT2D eigenvalue weighted by atomic mass is 10.4. The Balaban J connectivity index is 2.39. The van der Waals surface area contributed by atoms with E-state index in [0.717, 1.165) is 0 Å². The van der Waals surface area contributed by atoms with E-state index in [0.29, 0.717) is 0 Å². The molecule has 0 N–H and O–H groups in total. The Morgan fingerprint density at radius 1 is 1.33 bits per heavy atom. The van der Waals surface area contributed by atoms with Crippen LogP contribution in [0.15, 0.2) is 12.3 Å². The lowest BCUT2D eigenvalue weighted by Gasteiger charge is -2.14. The third-order valence-electron chi connectivity index (χ3n) is 1.25. The molecule has 0 spiro atoms. The molecule has 0 saturated carbocycles. The van der Waals surface area contributed by atoms with Crippen molar-refractivity contribution in [1.82, 2.24) is 0 Å². The third-order valence-corrected chi connectivity index (χ3v) is 1.25. The summed E-state index contributed by atoms with van der Waals surface area (Å²) in [6.45, 7) is 0. The summed E-state index contributed by atoms with van der Waals surface area (Å²) in [5, 5.41) is 0. The average Bonchev–Trinajstić information content (AvgIpc) is 2.33. The first-order valence-corrected chi connectivity index (χ1v) is 2.76. The fourth-order valence-corrected chi connectivity index (χ4v) is 0.748. The van der Waals surface area contributed by atoms with Crippen molar-refractivity contribution < 1.29 is 14.2 Å². The highest BCUT2D eigenvalue weighted by atomic mass is 16.7. The summed E-state index contributed by atoms with van der Waals surface area (Å²) in [6, 6.07) is 0. The maximum atomic E-state index is 4.98. The monoisotopic (exact) mass is 130 g/mol. The summed E-state index contributed by atoms with van der Waals surface area (Å²) < 4.78 is 14.9. The minimum Gasteiger partial charge on any atom is -0.470 e. The molecule has 2 atom stereocenters. The largest absolute Gasteiger partial charge is 0.470 e. The molecule has 0 aromatic rings. The van der Waals surface area contributed by atoms with E-state index in [4.69, 9.17) is 14.2 Å². The first-order chi connectivity index (χ1) is 4.38. The summed E-state index contributed by atoms with van der Waals surface area (Å²) >= 11 is 0. The zero-order valence-electron chi connectivity index (χ0n) is 5.53. The Morgan fingerprint density at radius 3 is 2.56 bits per heavy atom. The highest BCUT2D eigenvalue weighted by molar-refractivity contribution is 4.93. The molecule has 0 bridgehead atoms. The number of rotatable bonds is 2.